The quantitative estimate of drug-likeness (QED) is 0.798. The molecule has 1 aromatic rings. The second-order valence-electron chi connectivity index (χ2n) is 4.62. The van der Waals surface area contributed by atoms with E-state index in [0.29, 0.717) is 18.7 Å². The van der Waals surface area contributed by atoms with Crippen LogP contribution in [0.5, 0.6) is 0 Å². The fourth-order valence-electron chi connectivity index (χ4n) is 1.38. The van der Waals surface area contributed by atoms with Crippen molar-refractivity contribution in [1.29, 1.82) is 5.26 Å². The van der Waals surface area contributed by atoms with Crippen LogP contribution in [0.4, 0.5) is 0 Å². The van der Waals surface area contributed by atoms with Gasteiger partial charge in [0.05, 0.1) is 17.0 Å². The molecule has 90 valence electrons. The van der Waals surface area contributed by atoms with Crippen LogP contribution in [0.3, 0.4) is 0 Å². The van der Waals surface area contributed by atoms with Gasteiger partial charge in [0.1, 0.15) is 0 Å². The van der Waals surface area contributed by atoms with Gasteiger partial charge in [0, 0.05) is 13.1 Å². The van der Waals surface area contributed by atoms with E-state index in [9.17, 15) is 4.79 Å². The Morgan fingerprint density at radius 3 is 2.71 bits per heavy atom. The molecule has 0 unspecified atom stereocenters. The molecule has 0 aliphatic carbocycles. The average molecular weight is 231 g/mol. The van der Waals surface area contributed by atoms with Crippen LogP contribution in [0.2, 0.25) is 0 Å². The Morgan fingerprint density at radius 1 is 1.47 bits per heavy atom. The van der Waals surface area contributed by atoms with Crippen LogP contribution in [0.25, 0.3) is 0 Å². The molecule has 0 aromatic heterocycles. The lowest BCUT2D eigenvalue weighted by Gasteiger charge is -2.20. The van der Waals surface area contributed by atoms with Crippen molar-refractivity contribution >= 4 is 5.91 Å². The number of benzene rings is 1. The third kappa shape index (κ3) is 3.58. The molecule has 0 atom stereocenters. The maximum absolute atomic E-state index is 11.1. The van der Waals surface area contributed by atoms with Gasteiger partial charge in [0.15, 0.2) is 0 Å². The molecule has 0 spiro atoms. The molecule has 0 fully saturated rings. The van der Waals surface area contributed by atoms with Gasteiger partial charge in [-0.25, -0.2) is 0 Å². The molecule has 0 saturated carbocycles. The zero-order chi connectivity index (χ0) is 12.9. The highest BCUT2D eigenvalue weighted by molar-refractivity contribution is 5.80. The lowest BCUT2D eigenvalue weighted by atomic mass is 9.92. The number of carbonyl (C=O) groups is 1. The lowest BCUT2D eigenvalue weighted by molar-refractivity contribution is -0.125. The van der Waals surface area contributed by atoms with Crippen LogP contribution < -0.4 is 11.1 Å². The third-order valence-electron chi connectivity index (χ3n) is 2.69. The number of nitrogens with one attached hydrogen (secondary N) is 1. The minimum Gasteiger partial charge on any atom is -0.369 e. The van der Waals surface area contributed by atoms with Gasteiger partial charge in [-0.2, -0.15) is 5.26 Å². The molecule has 0 radical (unpaired) electrons. The van der Waals surface area contributed by atoms with Crippen molar-refractivity contribution in [1.82, 2.24) is 5.32 Å². The van der Waals surface area contributed by atoms with Crippen LogP contribution in [0, 0.1) is 16.7 Å². The van der Waals surface area contributed by atoms with Crippen LogP contribution in [0.15, 0.2) is 24.3 Å². The fraction of sp³-hybridized carbons (Fsp3) is 0.385. The molecule has 1 aromatic carbocycles. The lowest BCUT2D eigenvalue weighted by Crippen LogP contribution is -2.40. The van der Waals surface area contributed by atoms with Crippen LogP contribution in [-0.2, 0) is 11.3 Å². The first-order chi connectivity index (χ1) is 7.97. The molecule has 0 aliphatic heterocycles. The van der Waals surface area contributed by atoms with Gasteiger partial charge < -0.3 is 11.1 Å². The smallest absolute Gasteiger partial charge is 0.224 e. The fourth-order valence-corrected chi connectivity index (χ4v) is 1.38. The van der Waals surface area contributed by atoms with E-state index in [-0.39, 0.29) is 5.91 Å². The molecule has 1 amide bonds. The van der Waals surface area contributed by atoms with Crippen LogP contribution >= 0.6 is 0 Å². The molecular weight excluding hydrogens is 214 g/mol. The number of hydrogen-bond donors (Lipinski definition) is 2. The summed E-state index contributed by atoms with van der Waals surface area (Å²) in [5.74, 6) is -0.335. The first kappa shape index (κ1) is 13.2. The standard InChI is InChI=1S/C13H17N3O/c1-13(2,12(15)17)9-16-8-11-6-4-3-5-10(11)7-14/h3-6,16H,8-9H2,1-2H3,(H2,15,17). The summed E-state index contributed by atoms with van der Waals surface area (Å²) >= 11 is 0. The van der Waals surface area contributed by atoms with E-state index in [2.05, 4.69) is 11.4 Å². The summed E-state index contributed by atoms with van der Waals surface area (Å²) in [5, 5.41) is 12.1. The number of nitriles is 1. The number of nitrogens with two attached hydrogens (primary N) is 1. The highest BCUT2D eigenvalue weighted by Crippen LogP contribution is 2.13. The van der Waals surface area contributed by atoms with Crippen molar-refractivity contribution in [3.8, 4) is 6.07 Å². The molecule has 1 rings (SSSR count). The highest BCUT2D eigenvalue weighted by Gasteiger charge is 2.24. The van der Waals surface area contributed by atoms with E-state index in [1.54, 1.807) is 19.9 Å². The zero-order valence-electron chi connectivity index (χ0n) is 10.2. The van der Waals surface area contributed by atoms with Crippen molar-refractivity contribution in [2.45, 2.75) is 20.4 Å². The van der Waals surface area contributed by atoms with Gasteiger partial charge in [-0.15, -0.1) is 0 Å². The molecule has 3 N–H and O–H groups in total. The molecule has 0 heterocycles. The molecule has 0 bridgehead atoms. The summed E-state index contributed by atoms with van der Waals surface area (Å²) in [6.07, 6.45) is 0. The number of rotatable bonds is 5. The van der Waals surface area contributed by atoms with Crippen LogP contribution in [-0.4, -0.2) is 12.5 Å². The predicted molar refractivity (Wildman–Crippen MR) is 65.8 cm³/mol. The van der Waals surface area contributed by atoms with Gasteiger partial charge in [-0.05, 0) is 25.5 Å². The first-order valence-corrected chi connectivity index (χ1v) is 5.46. The van der Waals surface area contributed by atoms with E-state index in [0.717, 1.165) is 5.56 Å². The second kappa shape index (κ2) is 5.46. The normalized spacial score (nSPS) is 10.9. The minimum atomic E-state index is -0.582. The molecule has 4 nitrogen and oxygen atoms in total. The summed E-state index contributed by atoms with van der Waals surface area (Å²) in [5.41, 5.74) is 6.27. The number of amides is 1. The van der Waals surface area contributed by atoms with Crippen molar-refractivity contribution in [3.05, 3.63) is 35.4 Å². The van der Waals surface area contributed by atoms with Crippen molar-refractivity contribution in [2.24, 2.45) is 11.1 Å². The second-order valence-corrected chi connectivity index (χ2v) is 4.62. The van der Waals surface area contributed by atoms with Gasteiger partial charge in [-0.3, -0.25) is 4.79 Å². The third-order valence-corrected chi connectivity index (χ3v) is 2.69. The topological polar surface area (TPSA) is 78.9 Å². The molecule has 17 heavy (non-hydrogen) atoms. The number of nitrogens with zero attached hydrogens (tertiary/aromatic N) is 1. The molecule has 0 aliphatic rings. The number of primary amides is 1. The Labute approximate surface area is 101 Å². The molecular formula is C13H17N3O. The Bertz CT molecular complexity index is 446. The summed E-state index contributed by atoms with van der Waals surface area (Å²) in [6.45, 7) is 4.62. The predicted octanol–water partition coefficient (Wildman–Crippen LogP) is 1.16. The Kier molecular flexibility index (Phi) is 4.24. The first-order valence-electron chi connectivity index (χ1n) is 5.46. The Balaban J connectivity index is 2.58. The summed E-state index contributed by atoms with van der Waals surface area (Å²) < 4.78 is 0. The number of hydrogen-bond acceptors (Lipinski definition) is 3. The maximum atomic E-state index is 11.1. The SMILES string of the molecule is CC(C)(CNCc1ccccc1C#N)C(N)=O. The van der Waals surface area contributed by atoms with Gasteiger partial charge in [0.2, 0.25) is 5.91 Å². The van der Waals surface area contributed by atoms with E-state index >= 15 is 0 Å². The molecule has 0 saturated heterocycles. The van der Waals surface area contributed by atoms with Crippen LogP contribution in [0.1, 0.15) is 25.0 Å². The van der Waals surface area contributed by atoms with Crippen molar-refractivity contribution < 1.29 is 4.79 Å². The van der Waals surface area contributed by atoms with Crippen molar-refractivity contribution in [2.75, 3.05) is 6.54 Å². The number of carbonyl (C=O) groups excluding carboxylic acids is 1. The van der Waals surface area contributed by atoms with Gasteiger partial charge >= 0.3 is 0 Å². The van der Waals surface area contributed by atoms with E-state index in [4.69, 9.17) is 11.0 Å². The Morgan fingerprint density at radius 2 is 2.12 bits per heavy atom. The summed E-state index contributed by atoms with van der Waals surface area (Å²) in [7, 11) is 0. The van der Waals surface area contributed by atoms with Gasteiger partial charge in [0.25, 0.3) is 0 Å². The Hall–Kier alpha value is -1.86. The summed E-state index contributed by atoms with van der Waals surface area (Å²) in [4.78, 5) is 11.1. The van der Waals surface area contributed by atoms with E-state index in [1.165, 1.54) is 0 Å². The monoisotopic (exact) mass is 231 g/mol. The average Bonchev–Trinajstić information content (AvgIpc) is 2.29. The highest BCUT2D eigenvalue weighted by atomic mass is 16.1. The van der Waals surface area contributed by atoms with Gasteiger partial charge in [-0.1, -0.05) is 18.2 Å². The van der Waals surface area contributed by atoms with E-state index in [1.807, 2.05) is 18.2 Å². The zero-order valence-corrected chi connectivity index (χ0v) is 10.2. The molecule has 4 heteroatoms. The van der Waals surface area contributed by atoms with Crippen molar-refractivity contribution in [3.63, 3.8) is 0 Å². The maximum Gasteiger partial charge on any atom is 0.224 e. The van der Waals surface area contributed by atoms with E-state index < -0.39 is 5.41 Å². The minimum absolute atomic E-state index is 0.335. The summed E-state index contributed by atoms with van der Waals surface area (Å²) in [6, 6.07) is 9.51. The largest absolute Gasteiger partial charge is 0.369 e.